The molecule has 0 aromatic heterocycles. The molecular weight excluding hydrogens is 412 g/mol. The third kappa shape index (κ3) is 5.37. The van der Waals surface area contributed by atoms with Crippen molar-refractivity contribution in [1.29, 1.82) is 5.26 Å². The maximum absolute atomic E-state index is 12.8. The molecule has 6 nitrogen and oxygen atoms in total. The van der Waals surface area contributed by atoms with Crippen LogP contribution in [0.1, 0.15) is 37.8 Å². The summed E-state index contributed by atoms with van der Waals surface area (Å²) in [7, 11) is 0. The summed E-state index contributed by atoms with van der Waals surface area (Å²) in [5.41, 5.74) is 2.73. The number of carbonyl (C=O) groups is 1. The number of carbonyl (C=O) groups excluding carboxylic acids is 1. The Bertz CT molecular complexity index is 1060. The fourth-order valence-electron chi connectivity index (χ4n) is 4.50. The number of unbranched alkanes of at least 4 members (excludes halogenated alkanes) is 1. The van der Waals surface area contributed by atoms with Crippen LogP contribution in [0.2, 0.25) is 0 Å². The maximum Gasteiger partial charge on any atom is 0.251 e. The van der Waals surface area contributed by atoms with Crippen molar-refractivity contribution < 1.29 is 9.53 Å². The van der Waals surface area contributed by atoms with E-state index >= 15 is 0 Å². The van der Waals surface area contributed by atoms with E-state index in [1.807, 2.05) is 68.5 Å². The molecule has 33 heavy (non-hydrogen) atoms. The molecule has 0 saturated carbocycles. The topological polar surface area (TPSA) is 68.6 Å². The Morgan fingerprint density at radius 2 is 1.79 bits per heavy atom. The quantitative estimate of drug-likeness (QED) is 0.658. The number of anilines is 1. The summed E-state index contributed by atoms with van der Waals surface area (Å²) in [6.45, 7) is 9.39. The first-order valence-corrected chi connectivity index (χ1v) is 11.7. The molecule has 1 amide bonds. The van der Waals surface area contributed by atoms with Gasteiger partial charge in [-0.15, -0.1) is 0 Å². The molecule has 1 fully saturated rings. The molecule has 2 aromatic carbocycles. The predicted octanol–water partition coefficient (Wildman–Crippen LogP) is 3.83. The van der Waals surface area contributed by atoms with E-state index in [1.54, 1.807) is 0 Å². The first kappa shape index (κ1) is 22.9. The van der Waals surface area contributed by atoms with Crippen LogP contribution in [0.5, 0.6) is 5.75 Å². The lowest BCUT2D eigenvalue weighted by Crippen LogP contribution is -2.47. The highest BCUT2D eigenvalue weighted by Gasteiger charge is 2.34. The lowest BCUT2D eigenvalue weighted by atomic mass is 9.91. The van der Waals surface area contributed by atoms with Gasteiger partial charge in [-0.05, 0) is 57.5 Å². The Labute approximate surface area is 196 Å². The second-order valence-corrected chi connectivity index (χ2v) is 9.13. The number of nitriles is 1. The van der Waals surface area contributed by atoms with Gasteiger partial charge in [0.1, 0.15) is 17.4 Å². The first-order valence-electron chi connectivity index (χ1n) is 11.7. The maximum atomic E-state index is 12.8. The van der Waals surface area contributed by atoms with Gasteiger partial charge in [-0.2, -0.15) is 5.26 Å². The molecule has 0 bridgehead atoms. The number of fused-ring (bicyclic) bond motifs is 1. The smallest absolute Gasteiger partial charge is 0.251 e. The number of para-hydroxylation sites is 2. The average Bonchev–Trinajstić information content (AvgIpc) is 2.83. The van der Waals surface area contributed by atoms with Crippen molar-refractivity contribution in [3.8, 4) is 11.8 Å². The van der Waals surface area contributed by atoms with Crippen LogP contribution in [0, 0.1) is 11.3 Å². The Kier molecular flexibility index (Phi) is 7.00. The van der Waals surface area contributed by atoms with Crippen molar-refractivity contribution in [1.82, 2.24) is 10.2 Å². The number of amides is 1. The highest BCUT2D eigenvalue weighted by Crippen LogP contribution is 2.35. The van der Waals surface area contributed by atoms with Crippen LogP contribution in [0.25, 0.3) is 6.08 Å². The van der Waals surface area contributed by atoms with Gasteiger partial charge in [0.2, 0.25) is 0 Å². The van der Waals surface area contributed by atoms with E-state index in [4.69, 9.17) is 4.74 Å². The summed E-state index contributed by atoms with van der Waals surface area (Å²) in [5.74, 6) is 0.759. The number of hydrogen-bond acceptors (Lipinski definition) is 5. The zero-order valence-electron chi connectivity index (χ0n) is 19.5. The number of hydrogen-bond donors (Lipinski definition) is 1. The second-order valence-electron chi connectivity index (χ2n) is 9.13. The minimum atomic E-state index is -0.651. The summed E-state index contributed by atoms with van der Waals surface area (Å²) in [5, 5.41) is 12.4. The van der Waals surface area contributed by atoms with E-state index < -0.39 is 5.60 Å². The van der Waals surface area contributed by atoms with Crippen LogP contribution >= 0.6 is 0 Å². The molecule has 1 N–H and O–H groups in total. The van der Waals surface area contributed by atoms with Gasteiger partial charge in [0.05, 0.1) is 16.8 Å². The molecule has 2 heterocycles. The Morgan fingerprint density at radius 3 is 2.58 bits per heavy atom. The van der Waals surface area contributed by atoms with Crippen molar-refractivity contribution in [2.24, 2.45) is 0 Å². The van der Waals surface area contributed by atoms with Gasteiger partial charge in [-0.1, -0.05) is 30.3 Å². The number of benzene rings is 2. The van der Waals surface area contributed by atoms with Crippen LogP contribution in [-0.2, 0) is 4.79 Å². The van der Waals surface area contributed by atoms with E-state index in [1.165, 1.54) is 0 Å². The molecule has 2 aromatic rings. The number of rotatable bonds is 7. The molecule has 0 aliphatic carbocycles. The van der Waals surface area contributed by atoms with Crippen LogP contribution in [0.3, 0.4) is 0 Å². The third-order valence-corrected chi connectivity index (χ3v) is 6.40. The van der Waals surface area contributed by atoms with Crippen molar-refractivity contribution in [3.63, 3.8) is 0 Å². The molecule has 0 spiro atoms. The van der Waals surface area contributed by atoms with Gasteiger partial charge in [-0.25, -0.2) is 0 Å². The number of ether oxygens (including phenoxy) is 1. The molecule has 0 unspecified atom stereocenters. The van der Waals surface area contributed by atoms with Crippen molar-refractivity contribution in [2.75, 3.05) is 44.2 Å². The summed E-state index contributed by atoms with van der Waals surface area (Å²) in [6.07, 6.45) is 3.92. The minimum Gasteiger partial charge on any atom is -0.482 e. The van der Waals surface area contributed by atoms with E-state index in [9.17, 15) is 10.1 Å². The zero-order valence-corrected chi connectivity index (χ0v) is 19.5. The highest BCUT2D eigenvalue weighted by molar-refractivity contribution is 6.00. The van der Waals surface area contributed by atoms with E-state index in [0.717, 1.165) is 68.1 Å². The highest BCUT2D eigenvalue weighted by atomic mass is 16.5. The summed E-state index contributed by atoms with van der Waals surface area (Å²) in [6, 6.07) is 17.9. The zero-order chi connectivity index (χ0) is 23.3. The van der Waals surface area contributed by atoms with E-state index in [2.05, 4.69) is 21.2 Å². The van der Waals surface area contributed by atoms with E-state index in [-0.39, 0.29) is 5.91 Å². The lowest BCUT2D eigenvalue weighted by molar-refractivity contribution is -0.119. The first-order chi connectivity index (χ1) is 16.0. The molecule has 0 atom stereocenters. The van der Waals surface area contributed by atoms with E-state index in [0.29, 0.717) is 12.1 Å². The van der Waals surface area contributed by atoms with Gasteiger partial charge in [0.25, 0.3) is 5.91 Å². The monoisotopic (exact) mass is 444 g/mol. The fraction of sp³-hybridized carbons (Fsp3) is 0.407. The molecule has 2 aliphatic heterocycles. The van der Waals surface area contributed by atoms with Gasteiger partial charge in [-0.3, -0.25) is 9.69 Å². The normalized spacial score (nSPS) is 17.4. The van der Waals surface area contributed by atoms with Gasteiger partial charge < -0.3 is 15.0 Å². The minimum absolute atomic E-state index is 0.0562. The van der Waals surface area contributed by atoms with Crippen LogP contribution in [0.4, 0.5) is 5.69 Å². The Balaban J connectivity index is 1.19. The van der Waals surface area contributed by atoms with Gasteiger partial charge in [0, 0.05) is 38.3 Å². The Morgan fingerprint density at radius 1 is 1.06 bits per heavy atom. The SMILES string of the molecule is CC1(C)Oc2ccccc2C=C1C(=O)NCCCCN1CCN(c2ccccc2C#N)CC1. The number of nitrogens with zero attached hydrogens (tertiary/aromatic N) is 3. The molecule has 6 heteroatoms. The summed E-state index contributed by atoms with van der Waals surface area (Å²) < 4.78 is 6.06. The van der Waals surface area contributed by atoms with Crippen LogP contribution < -0.4 is 15.0 Å². The lowest BCUT2D eigenvalue weighted by Gasteiger charge is -2.36. The molecule has 4 rings (SSSR count). The standard InChI is InChI=1S/C27H32N4O2/c1-27(2)23(19-21-9-4-6-12-25(21)33-27)26(32)29-13-7-8-14-30-15-17-31(18-16-30)24-11-5-3-10-22(24)20-28/h3-6,9-12,19H,7-8,13-18H2,1-2H3,(H,29,32). The summed E-state index contributed by atoms with van der Waals surface area (Å²) >= 11 is 0. The second kappa shape index (κ2) is 10.1. The largest absolute Gasteiger partial charge is 0.482 e. The van der Waals surface area contributed by atoms with Crippen LogP contribution in [0.15, 0.2) is 54.1 Å². The molecule has 1 saturated heterocycles. The predicted molar refractivity (Wildman–Crippen MR) is 131 cm³/mol. The summed E-state index contributed by atoms with van der Waals surface area (Å²) in [4.78, 5) is 17.6. The number of nitrogens with one attached hydrogen (secondary N) is 1. The van der Waals surface area contributed by atoms with Gasteiger partial charge >= 0.3 is 0 Å². The molecular formula is C27H32N4O2. The van der Waals surface area contributed by atoms with Crippen molar-refractivity contribution in [2.45, 2.75) is 32.3 Å². The number of piperazine rings is 1. The van der Waals surface area contributed by atoms with Crippen molar-refractivity contribution >= 4 is 17.7 Å². The third-order valence-electron chi connectivity index (χ3n) is 6.40. The average molecular weight is 445 g/mol. The molecule has 2 aliphatic rings. The van der Waals surface area contributed by atoms with Gasteiger partial charge in [0.15, 0.2) is 0 Å². The van der Waals surface area contributed by atoms with Crippen molar-refractivity contribution in [3.05, 3.63) is 65.2 Å². The Hall–Kier alpha value is -3.30. The molecule has 172 valence electrons. The fourth-order valence-corrected chi connectivity index (χ4v) is 4.50. The molecule has 0 radical (unpaired) electrons. The van der Waals surface area contributed by atoms with Crippen LogP contribution in [-0.4, -0.2) is 55.7 Å².